The second-order valence-electron chi connectivity index (χ2n) is 6.88. The average molecular weight is 343 g/mol. The Balaban J connectivity index is 2.00. The van der Waals surface area contributed by atoms with E-state index in [1.165, 1.54) is 7.11 Å². The van der Waals surface area contributed by atoms with E-state index in [1.54, 1.807) is 6.08 Å². The highest BCUT2D eigenvalue weighted by Crippen LogP contribution is 2.34. The Kier molecular flexibility index (Phi) is 6.39. The number of esters is 1. The molecule has 0 aromatic heterocycles. The van der Waals surface area contributed by atoms with Crippen molar-refractivity contribution in [2.45, 2.75) is 39.7 Å². The van der Waals surface area contributed by atoms with Gasteiger partial charge in [-0.3, -0.25) is 5.32 Å². The predicted molar refractivity (Wildman–Crippen MR) is 95.6 cm³/mol. The molecular formula is C20H25NO4. The lowest BCUT2D eigenvalue weighted by molar-refractivity contribution is -0.136. The van der Waals surface area contributed by atoms with Crippen molar-refractivity contribution in [3.05, 3.63) is 59.3 Å². The molecule has 0 spiro atoms. The summed E-state index contributed by atoms with van der Waals surface area (Å²) in [7, 11) is 1.28. The third kappa shape index (κ3) is 6.10. The van der Waals surface area contributed by atoms with Crippen LogP contribution in [0.25, 0.3) is 0 Å². The number of carbonyl (C=O) groups is 2. The number of benzene rings is 1. The monoisotopic (exact) mass is 343 g/mol. The molecule has 0 atom stereocenters. The van der Waals surface area contributed by atoms with Gasteiger partial charge in [0.05, 0.1) is 7.11 Å². The Labute approximate surface area is 148 Å². The summed E-state index contributed by atoms with van der Waals surface area (Å²) in [6.07, 6.45) is 5.91. The smallest absolute Gasteiger partial charge is 0.412 e. The molecular weight excluding hydrogens is 318 g/mol. The van der Waals surface area contributed by atoms with Crippen LogP contribution in [-0.4, -0.2) is 19.2 Å². The van der Waals surface area contributed by atoms with Gasteiger partial charge in [0.25, 0.3) is 0 Å². The molecule has 1 N–H and O–H groups in total. The number of amides is 1. The van der Waals surface area contributed by atoms with Crippen molar-refractivity contribution in [2.24, 2.45) is 5.41 Å². The number of nitrogens with one attached hydrogen (secondary N) is 1. The topological polar surface area (TPSA) is 64.6 Å². The summed E-state index contributed by atoms with van der Waals surface area (Å²) in [5.41, 5.74) is 2.25. The summed E-state index contributed by atoms with van der Waals surface area (Å²) in [6, 6.07) is 9.35. The number of alkyl carbamates (subject to hydrolysis) is 1. The van der Waals surface area contributed by atoms with Crippen LogP contribution in [0.5, 0.6) is 0 Å². The molecule has 0 saturated carbocycles. The number of carbonyl (C=O) groups excluding carboxylic acids is 2. The van der Waals surface area contributed by atoms with Gasteiger partial charge in [0.2, 0.25) is 0 Å². The van der Waals surface area contributed by atoms with E-state index in [2.05, 4.69) is 25.2 Å². The Morgan fingerprint density at radius 3 is 2.56 bits per heavy atom. The number of methoxy groups -OCH3 is 1. The van der Waals surface area contributed by atoms with Crippen LogP contribution in [0.4, 0.5) is 4.79 Å². The maximum Gasteiger partial charge on any atom is 0.412 e. The molecule has 1 aromatic rings. The first-order valence-corrected chi connectivity index (χ1v) is 8.36. The Morgan fingerprint density at radius 1 is 1.24 bits per heavy atom. The second kappa shape index (κ2) is 8.51. The molecule has 1 aliphatic carbocycles. The zero-order chi connectivity index (χ0) is 18.3. The lowest BCUT2D eigenvalue weighted by Crippen LogP contribution is -2.29. The van der Waals surface area contributed by atoms with Crippen molar-refractivity contribution in [1.82, 2.24) is 5.32 Å². The lowest BCUT2D eigenvalue weighted by atomic mass is 9.78. The van der Waals surface area contributed by atoms with Gasteiger partial charge in [-0.15, -0.1) is 0 Å². The van der Waals surface area contributed by atoms with Gasteiger partial charge in [-0.05, 0) is 41.9 Å². The Hall–Kier alpha value is -2.56. The molecule has 25 heavy (non-hydrogen) atoms. The number of hydrogen-bond donors (Lipinski definition) is 1. The number of ether oxygens (including phenoxy) is 2. The van der Waals surface area contributed by atoms with Crippen molar-refractivity contribution in [3.63, 3.8) is 0 Å². The molecule has 0 fully saturated rings. The van der Waals surface area contributed by atoms with E-state index >= 15 is 0 Å². The van der Waals surface area contributed by atoms with E-state index in [-0.39, 0.29) is 17.7 Å². The van der Waals surface area contributed by atoms with Crippen LogP contribution in [-0.2, 0) is 20.9 Å². The van der Waals surface area contributed by atoms with Crippen molar-refractivity contribution in [3.8, 4) is 0 Å². The first kappa shape index (κ1) is 18.8. The first-order chi connectivity index (χ1) is 11.9. The highest BCUT2D eigenvalue weighted by atomic mass is 16.6. The van der Waals surface area contributed by atoms with Crippen molar-refractivity contribution in [2.75, 3.05) is 7.11 Å². The van der Waals surface area contributed by atoms with E-state index in [0.717, 1.165) is 30.4 Å². The molecule has 1 amide bonds. The lowest BCUT2D eigenvalue weighted by Gasteiger charge is -2.27. The minimum absolute atomic E-state index is 0.0894. The Bertz CT molecular complexity index is 674. The van der Waals surface area contributed by atoms with E-state index < -0.39 is 12.1 Å². The molecule has 0 bridgehead atoms. The SMILES string of the molecule is COC(=O)/C(=C\C1=CCC(C)(C)CC1)NC(=O)OCc1ccccc1. The third-order valence-corrected chi connectivity index (χ3v) is 4.19. The molecule has 134 valence electrons. The van der Waals surface area contributed by atoms with Crippen LogP contribution in [0.2, 0.25) is 0 Å². The predicted octanol–water partition coefficient (Wildman–Crippen LogP) is 4.11. The summed E-state index contributed by atoms with van der Waals surface area (Å²) in [5, 5.41) is 2.49. The molecule has 5 heteroatoms. The van der Waals surface area contributed by atoms with Crippen LogP contribution in [0.3, 0.4) is 0 Å². The summed E-state index contributed by atoms with van der Waals surface area (Å²) < 4.78 is 9.91. The number of rotatable bonds is 5. The van der Waals surface area contributed by atoms with Gasteiger partial charge >= 0.3 is 12.1 Å². The van der Waals surface area contributed by atoms with Crippen LogP contribution >= 0.6 is 0 Å². The maximum atomic E-state index is 12.0. The standard InChI is InChI=1S/C20H25NO4/c1-20(2)11-9-15(10-12-20)13-17(18(22)24-3)21-19(23)25-14-16-7-5-4-6-8-16/h4-9,13H,10-12,14H2,1-3H3,(H,21,23)/b17-13+. The average Bonchev–Trinajstić information content (AvgIpc) is 2.61. The second-order valence-corrected chi connectivity index (χ2v) is 6.88. The highest BCUT2D eigenvalue weighted by molar-refractivity contribution is 5.92. The van der Waals surface area contributed by atoms with Gasteiger partial charge < -0.3 is 9.47 Å². The zero-order valence-electron chi connectivity index (χ0n) is 15.0. The number of allylic oxidation sites excluding steroid dienone is 3. The molecule has 0 aliphatic heterocycles. The van der Waals surface area contributed by atoms with Gasteiger partial charge in [0.15, 0.2) is 0 Å². The minimum Gasteiger partial charge on any atom is -0.464 e. The van der Waals surface area contributed by atoms with Crippen molar-refractivity contribution < 1.29 is 19.1 Å². The van der Waals surface area contributed by atoms with E-state index in [1.807, 2.05) is 30.3 Å². The third-order valence-electron chi connectivity index (χ3n) is 4.19. The molecule has 2 rings (SSSR count). The summed E-state index contributed by atoms with van der Waals surface area (Å²) in [5.74, 6) is -0.595. The fourth-order valence-corrected chi connectivity index (χ4v) is 2.54. The van der Waals surface area contributed by atoms with Gasteiger partial charge in [0, 0.05) is 0 Å². The normalized spacial score (nSPS) is 16.6. The van der Waals surface area contributed by atoms with Crippen molar-refractivity contribution in [1.29, 1.82) is 0 Å². The highest BCUT2D eigenvalue weighted by Gasteiger charge is 2.22. The molecule has 1 aliphatic rings. The maximum absolute atomic E-state index is 12.0. The van der Waals surface area contributed by atoms with Crippen LogP contribution < -0.4 is 5.32 Å². The Morgan fingerprint density at radius 2 is 1.96 bits per heavy atom. The van der Waals surface area contributed by atoms with Gasteiger partial charge in [0.1, 0.15) is 12.3 Å². The molecule has 0 radical (unpaired) electrons. The molecule has 0 unspecified atom stereocenters. The van der Waals surface area contributed by atoms with E-state index in [9.17, 15) is 9.59 Å². The van der Waals surface area contributed by atoms with E-state index in [4.69, 9.17) is 9.47 Å². The molecule has 0 heterocycles. The fraction of sp³-hybridized carbons (Fsp3) is 0.400. The summed E-state index contributed by atoms with van der Waals surface area (Å²) in [6.45, 7) is 4.56. The minimum atomic E-state index is -0.683. The van der Waals surface area contributed by atoms with Crippen LogP contribution in [0.1, 0.15) is 38.7 Å². The quantitative estimate of drug-likeness (QED) is 0.645. The van der Waals surface area contributed by atoms with Gasteiger partial charge in [-0.25, -0.2) is 9.59 Å². The fourth-order valence-electron chi connectivity index (χ4n) is 2.54. The van der Waals surface area contributed by atoms with E-state index in [0.29, 0.717) is 0 Å². The molecule has 1 aromatic carbocycles. The molecule has 5 nitrogen and oxygen atoms in total. The van der Waals surface area contributed by atoms with Crippen LogP contribution in [0, 0.1) is 5.41 Å². The molecule has 0 saturated heterocycles. The summed E-state index contributed by atoms with van der Waals surface area (Å²) >= 11 is 0. The largest absolute Gasteiger partial charge is 0.464 e. The first-order valence-electron chi connectivity index (χ1n) is 8.36. The van der Waals surface area contributed by atoms with Crippen LogP contribution in [0.15, 0.2) is 53.8 Å². The summed E-state index contributed by atoms with van der Waals surface area (Å²) in [4.78, 5) is 23.9. The van der Waals surface area contributed by atoms with Gasteiger partial charge in [-0.1, -0.05) is 50.3 Å². The number of hydrogen-bond acceptors (Lipinski definition) is 4. The zero-order valence-corrected chi connectivity index (χ0v) is 15.0. The van der Waals surface area contributed by atoms with Gasteiger partial charge in [-0.2, -0.15) is 0 Å². The van der Waals surface area contributed by atoms with Crippen molar-refractivity contribution >= 4 is 12.1 Å².